The zero-order valence-electron chi connectivity index (χ0n) is 9.55. The maximum atomic E-state index is 5.83. The van der Waals surface area contributed by atoms with E-state index in [1.165, 1.54) is 12.8 Å². The Balaban J connectivity index is 2.29. The van der Waals surface area contributed by atoms with E-state index in [-0.39, 0.29) is 5.54 Å². The minimum atomic E-state index is 0.248. The van der Waals surface area contributed by atoms with Crippen LogP contribution in [0.1, 0.15) is 33.1 Å². The van der Waals surface area contributed by atoms with E-state index in [0.717, 1.165) is 31.3 Å². The van der Waals surface area contributed by atoms with Gasteiger partial charge in [0.25, 0.3) is 0 Å². The largest absolute Gasteiger partial charge is 0.329 e. The molecule has 0 bridgehead atoms. The van der Waals surface area contributed by atoms with E-state index in [1.807, 2.05) is 6.08 Å². The fourth-order valence-electron chi connectivity index (χ4n) is 2.24. The quantitative estimate of drug-likeness (QED) is 0.503. The summed E-state index contributed by atoms with van der Waals surface area (Å²) in [6.07, 6.45) is 5.49. The van der Waals surface area contributed by atoms with Gasteiger partial charge in [0.15, 0.2) is 0 Å². The third-order valence-electron chi connectivity index (χ3n) is 3.49. The first kappa shape index (κ1) is 11.7. The molecule has 0 atom stereocenters. The van der Waals surface area contributed by atoms with E-state index in [4.69, 9.17) is 5.73 Å². The Morgan fingerprint density at radius 3 is 2.64 bits per heavy atom. The molecule has 0 aromatic rings. The second-order valence-corrected chi connectivity index (χ2v) is 4.90. The van der Waals surface area contributed by atoms with Crippen molar-refractivity contribution in [2.45, 2.75) is 38.6 Å². The molecule has 1 rings (SSSR count). The molecular formula is C12H24N2. The molecule has 2 nitrogen and oxygen atoms in total. The Hall–Kier alpha value is -0.340. The summed E-state index contributed by atoms with van der Waals surface area (Å²) in [7, 11) is 0. The van der Waals surface area contributed by atoms with Crippen LogP contribution in [0.15, 0.2) is 12.7 Å². The Labute approximate surface area is 87.9 Å². The second kappa shape index (κ2) is 4.94. The van der Waals surface area contributed by atoms with Crippen molar-refractivity contribution in [1.82, 2.24) is 5.32 Å². The van der Waals surface area contributed by atoms with E-state index in [2.05, 4.69) is 25.7 Å². The van der Waals surface area contributed by atoms with Crippen LogP contribution in [0.25, 0.3) is 0 Å². The Morgan fingerprint density at radius 2 is 2.21 bits per heavy atom. The van der Waals surface area contributed by atoms with Crippen molar-refractivity contribution in [1.29, 1.82) is 0 Å². The molecule has 1 aliphatic rings. The molecule has 2 heteroatoms. The van der Waals surface area contributed by atoms with Gasteiger partial charge < -0.3 is 11.1 Å². The average Bonchev–Trinajstić information content (AvgIpc) is 2.09. The lowest BCUT2D eigenvalue weighted by Crippen LogP contribution is -2.61. The molecule has 0 radical (unpaired) electrons. The molecule has 1 fully saturated rings. The molecule has 0 unspecified atom stereocenters. The second-order valence-electron chi connectivity index (χ2n) is 4.90. The molecule has 1 aliphatic carbocycles. The maximum absolute atomic E-state index is 5.83. The molecule has 0 heterocycles. The fourth-order valence-corrected chi connectivity index (χ4v) is 2.24. The monoisotopic (exact) mass is 196 g/mol. The molecule has 0 saturated heterocycles. The van der Waals surface area contributed by atoms with Crippen LogP contribution < -0.4 is 11.1 Å². The lowest BCUT2D eigenvalue weighted by atomic mass is 9.64. The average molecular weight is 196 g/mol. The molecule has 0 aromatic carbocycles. The first-order valence-corrected chi connectivity index (χ1v) is 5.69. The van der Waals surface area contributed by atoms with Crippen LogP contribution in [-0.2, 0) is 0 Å². The van der Waals surface area contributed by atoms with Crippen LogP contribution in [0.5, 0.6) is 0 Å². The zero-order valence-corrected chi connectivity index (χ0v) is 9.55. The van der Waals surface area contributed by atoms with Crippen LogP contribution in [-0.4, -0.2) is 18.6 Å². The van der Waals surface area contributed by atoms with Gasteiger partial charge in [0.2, 0.25) is 0 Å². The highest BCUT2D eigenvalue weighted by atomic mass is 15.0. The van der Waals surface area contributed by atoms with Crippen molar-refractivity contribution in [2.24, 2.45) is 17.6 Å². The van der Waals surface area contributed by atoms with Crippen molar-refractivity contribution in [3.63, 3.8) is 0 Å². The van der Waals surface area contributed by atoms with Gasteiger partial charge in [-0.2, -0.15) is 0 Å². The number of hydrogen-bond acceptors (Lipinski definition) is 2. The summed E-state index contributed by atoms with van der Waals surface area (Å²) in [4.78, 5) is 0. The lowest BCUT2D eigenvalue weighted by molar-refractivity contribution is 0.0777. The summed E-state index contributed by atoms with van der Waals surface area (Å²) in [5.74, 6) is 1.67. The molecule has 0 aliphatic heterocycles. The third-order valence-corrected chi connectivity index (χ3v) is 3.49. The van der Waals surface area contributed by atoms with Gasteiger partial charge in [0.05, 0.1) is 0 Å². The first-order chi connectivity index (χ1) is 6.63. The van der Waals surface area contributed by atoms with Gasteiger partial charge in [-0.1, -0.05) is 19.9 Å². The highest BCUT2D eigenvalue weighted by molar-refractivity contribution is 5.02. The van der Waals surface area contributed by atoms with Crippen LogP contribution in [0.4, 0.5) is 0 Å². The zero-order chi connectivity index (χ0) is 10.6. The summed E-state index contributed by atoms with van der Waals surface area (Å²) in [6, 6.07) is 0. The van der Waals surface area contributed by atoms with Crippen LogP contribution >= 0.6 is 0 Å². The molecule has 0 aromatic heterocycles. The standard InChI is InChI=1S/C12H24N2/c1-4-5-6-14-12(9-13)7-11(8-12)10(2)3/h4,10-11,14H,1,5-9,13H2,2-3H3. The third kappa shape index (κ3) is 2.58. The molecule has 3 N–H and O–H groups in total. The SMILES string of the molecule is C=CCCNC1(CN)CC(C(C)C)C1. The van der Waals surface area contributed by atoms with Gasteiger partial charge in [0, 0.05) is 12.1 Å². The molecule has 1 saturated carbocycles. The summed E-state index contributed by atoms with van der Waals surface area (Å²) in [5, 5.41) is 3.57. The van der Waals surface area contributed by atoms with E-state index < -0.39 is 0 Å². The van der Waals surface area contributed by atoms with Crippen molar-refractivity contribution in [2.75, 3.05) is 13.1 Å². The lowest BCUT2D eigenvalue weighted by Gasteiger charge is -2.49. The van der Waals surface area contributed by atoms with E-state index in [0.29, 0.717) is 0 Å². The summed E-state index contributed by atoms with van der Waals surface area (Å²) < 4.78 is 0. The minimum absolute atomic E-state index is 0.248. The molecular weight excluding hydrogens is 172 g/mol. The topological polar surface area (TPSA) is 38.0 Å². The predicted molar refractivity (Wildman–Crippen MR) is 62.2 cm³/mol. The minimum Gasteiger partial charge on any atom is -0.329 e. The Morgan fingerprint density at radius 1 is 1.57 bits per heavy atom. The number of hydrogen-bond donors (Lipinski definition) is 2. The summed E-state index contributed by atoms with van der Waals surface area (Å²) in [5.41, 5.74) is 6.07. The van der Waals surface area contributed by atoms with Crippen LogP contribution in [0.3, 0.4) is 0 Å². The van der Waals surface area contributed by atoms with Crippen molar-refractivity contribution in [3.05, 3.63) is 12.7 Å². The molecule has 0 amide bonds. The Kier molecular flexibility index (Phi) is 4.14. The van der Waals surface area contributed by atoms with Gasteiger partial charge in [0.1, 0.15) is 0 Å². The number of nitrogens with one attached hydrogen (secondary N) is 1. The van der Waals surface area contributed by atoms with Gasteiger partial charge in [-0.25, -0.2) is 0 Å². The number of nitrogens with two attached hydrogens (primary N) is 1. The van der Waals surface area contributed by atoms with Crippen LogP contribution in [0.2, 0.25) is 0 Å². The fraction of sp³-hybridized carbons (Fsp3) is 0.833. The Bertz CT molecular complexity index is 181. The van der Waals surface area contributed by atoms with E-state index in [9.17, 15) is 0 Å². The van der Waals surface area contributed by atoms with Gasteiger partial charge in [-0.05, 0) is 37.6 Å². The summed E-state index contributed by atoms with van der Waals surface area (Å²) in [6.45, 7) is 10.1. The first-order valence-electron chi connectivity index (χ1n) is 5.69. The highest BCUT2D eigenvalue weighted by Crippen LogP contribution is 2.41. The highest BCUT2D eigenvalue weighted by Gasteiger charge is 2.43. The number of rotatable bonds is 6. The van der Waals surface area contributed by atoms with E-state index >= 15 is 0 Å². The van der Waals surface area contributed by atoms with Crippen molar-refractivity contribution in [3.8, 4) is 0 Å². The van der Waals surface area contributed by atoms with Gasteiger partial charge >= 0.3 is 0 Å². The summed E-state index contributed by atoms with van der Waals surface area (Å²) >= 11 is 0. The molecule has 14 heavy (non-hydrogen) atoms. The maximum Gasteiger partial charge on any atom is 0.0309 e. The normalized spacial score (nSPS) is 31.6. The van der Waals surface area contributed by atoms with Crippen molar-refractivity contribution >= 4 is 0 Å². The van der Waals surface area contributed by atoms with E-state index in [1.54, 1.807) is 0 Å². The van der Waals surface area contributed by atoms with Gasteiger partial charge in [-0.15, -0.1) is 6.58 Å². The van der Waals surface area contributed by atoms with Crippen molar-refractivity contribution < 1.29 is 0 Å². The molecule has 0 spiro atoms. The van der Waals surface area contributed by atoms with Crippen LogP contribution in [0, 0.1) is 11.8 Å². The smallest absolute Gasteiger partial charge is 0.0309 e. The molecule has 82 valence electrons. The predicted octanol–water partition coefficient (Wildman–Crippen LogP) is 1.92. The van der Waals surface area contributed by atoms with Gasteiger partial charge in [-0.3, -0.25) is 0 Å².